The number of hydrogen-bond donors (Lipinski definition) is 2. The molecule has 0 aromatic heterocycles. The lowest BCUT2D eigenvalue weighted by Gasteiger charge is -2.11. The third-order valence-corrected chi connectivity index (χ3v) is 5.93. The molecule has 1 fully saturated rings. The summed E-state index contributed by atoms with van der Waals surface area (Å²) < 4.78 is 27.1. The van der Waals surface area contributed by atoms with Gasteiger partial charge in [-0.3, -0.25) is 0 Å². The molecule has 0 bridgehead atoms. The first-order valence-corrected chi connectivity index (χ1v) is 9.37. The summed E-state index contributed by atoms with van der Waals surface area (Å²) in [5.74, 6) is 0.786. The van der Waals surface area contributed by atoms with Gasteiger partial charge in [0.1, 0.15) is 0 Å². The predicted molar refractivity (Wildman–Crippen MR) is 85.7 cm³/mol. The molecule has 0 unspecified atom stereocenters. The highest BCUT2D eigenvalue weighted by Crippen LogP contribution is 2.28. The topological polar surface area (TPSA) is 72.2 Å². The normalized spacial score (nSPS) is 16.5. The zero-order valence-electron chi connectivity index (χ0n) is 12.1. The molecule has 6 heteroatoms. The molecule has 1 aromatic rings. The molecular weight excluding hydrogens is 308 g/mol. The van der Waals surface area contributed by atoms with Crippen LogP contribution in [0.15, 0.2) is 23.1 Å². The summed E-state index contributed by atoms with van der Waals surface area (Å²) in [5, 5.41) is 0.498. The molecule has 2 rings (SSSR count). The fourth-order valence-electron chi connectivity index (χ4n) is 2.85. The van der Waals surface area contributed by atoms with E-state index in [9.17, 15) is 8.42 Å². The molecule has 1 saturated carbocycles. The van der Waals surface area contributed by atoms with Gasteiger partial charge in [-0.2, -0.15) is 0 Å². The van der Waals surface area contributed by atoms with Crippen LogP contribution in [-0.4, -0.2) is 15.0 Å². The van der Waals surface area contributed by atoms with E-state index < -0.39 is 10.0 Å². The summed E-state index contributed by atoms with van der Waals surface area (Å²) in [6.07, 6.45) is 7.23. The van der Waals surface area contributed by atoms with E-state index in [1.54, 1.807) is 12.1 Å². The summed E-state index contributed by atoms with van der Waals surface area (Å²) in [5.41, 5.74) is 6.20. The standard InChI is InChI=1S/C15H23ClN2O2S/c16-15-8-7-14(10-13(15)11-17)21(19,20)18-9-3-6-12-4-1-2-5-12/h7-8,10,12,18H,1-6,9,11,17H2. The Labute approximate surface area is 132 Å². The lowest BCUT2D eigenvalue weighted by molar-refractivity contribution is 0.480. The van der Waals surface area contributed by atoms with Crippen molar-refractivity contribution in [3.63, 3.8) is 0 Å². The van der Waals surface area contributed by atoms with E-state index in [0.717, 1.165) is 18.8 Å². The zero-order valence-corrected chi connectivity index (χ0v) is 13.7. The van der Waals surface area contributed by atoms with Crippen LogP contribution < -0.4 is 10.5 Å². The molecule has 0 saturated heterocycles. The third kappa shape index (κ3) is 4.68. The number of sulfonamides is 1. The van der Waals surface area contributed by atoms with Gasteiger partial charge in [0.2, 0.25) is 10.0 Å². The van der Waals surface area contributed by atoms with Gasteiger partial charge in [0.25, 0.3) is 0 Å². The second kappa shape index (κ2) is 7.58. The summed E-state index contributed by atoms with van der Waals surface area (Å²) in [6.45, 7) is 0.712. The minimum atomic E-state index is -3.47. The van der Waals surface area contributed by atoms with Gasteiger partial charge in [-0.05, 0) is 42.5 Å². The summed E-state index contributed by atoms with van der Waals surface area (Å²) >= 11 is 5.95. The molecule has 1 aromatic carbocycles. The van der Waals surface area contributed by atoms with Crippen LogP contribution in [0.5, 0.6) is 0 Å². The summed E-state index contributed by atoms with van der Waals surface area (Å²) in [7, 11) is -3.47. The van der Waals surface area contributed by atoms with Crippen LogP contribution in [0.4, 0.5) is 0 Å². The van der Waals surface area contributed by atoms with Crippen molar-refractivity contribution in [1.82, 2.24) is 4.72 Å². The maximum atomic E-state index is 12.2. The molecule has 0 radical (unpaired) electrons. The predicted octanol–water partition coefficient (Wildman–Crippen LogP) is 3.05. The molecule has 1 aliphatic rings. The number of hydrogen-bond acceptors (Lipinski definition) is 3. The second-order valence-corrected chi connectivity index (χ2v) is 7.82. The average Bonchev–Trinajstić information content (AvgIpc) is 2.97. The van der Waals surface area contributed by atoms with Crippen molar-refractivity contribution < 1.29 is 8.42 Å². The molecule has 21 heavy (non-hydrogen) atoms. The molecular formula is C15H23ClN2O2S. The van der Waals surface area contributed by atoms with E-state index in [-0.39, 0.29) is 11.4 Å². The van der Waals surface area contributed by atoms with Crippen LogP contribution in [0, 0.1) is 5.92 Å². The summed E-state index contributed by atoms with van der Waals surface area (Å²) in [6, 6.07) is 4.64. The number of benzene rings is 1. The maximum Gasteiger partial charge on any atom is 0.240 e. The number of rotatable bonds is 7. The molecule has 0 amide bonds. The molecule has 0 heterocycles. The van der Waals surface area contributed by atoms with Crippen molar-refractivity contribution in [2.24, 2.45) is 11.7 Å². The van der Waals surface area contributed by atoms with Crippen molar-refractivity contribution in [2.45, 2.75) is 50.0 Å². The lowest BCUT2D eigenvalue weighted by Crippen LogP contribution is -2.25. The molecule has 4 nitrogen and oxygen atoms in total. The Bertz CT molecular complexity index is 569. The number of nitrogens with one attached hydrogen (secondary N) is 1. The lowest BCUT2D eigenvalue weighted by atomic mass is 10.0. The van der Waals surface area contributed by atoms with Crippen molar-refractivity contribution in [1.29, 1.82) is 0 Å². The van der Waals surface area contributed by atoms with E-state index in [4.69, 9.17) is 17.3 Å². The Kier molecular flexibility index (Phi) is 6.05. The smallest absolute Gasteiger partial charge is 0.240 e. The fourth-order valence-corrected chi connectivity index (χ4v) is 4.17. The van der Waals surface area contributed by atoms with Gasteiger partial charge >= 0.3 is 0 Å². The SMILES string of the molecule is NCc1cc(S(=O)(=O)NCCCC2CCCC2)ccc1Cl. The Morgan fingerprint density at radius 3 is 2.67 bits per heavy atom. The van der Waals surface area contributed by atoms with Crippen LogP contribution in [0.25, 0.3) is 0 Å². The first kappa shape index (κ1) is 16.7. The molecule has 118 valence electrons. The quantitative estimate of drug-likeness (QED) is 0.755. The second-order valence-electron chi connectivity index (χ2n) is 5.65. The Morgan fingerprint density at radius 2 is 2.00 bits per heavy atom. The Balaban J connectivity index is 1.88. The maximum absolute atomic E-state index is 12.2. The highest BCUT2D eigenvalue weighted by Gasteiger charge is 2.17. The zero-order chi connectivity index (χ0) is 15.3. The molecule has 0 atom stereocenters. The molecule has 3 N–H and O–H groups in total. The fraction of sp³-hybridized carbons (Fsp3) is 0.600. The third-order valence-electron chi connectivity index (χ3n) is 4.10. The van der Waals surface area contributed by atoms with Gasteiger partial charge in [-0.25, -0.2) is 13.1 Å². The minimum absolute atomic E-state index is 0.226. The van der Waals surface area contributed by atoms with Gasteiger partial charge < -0.3 is 5.73 Å². The van der Waals surface area contributed by atoms with Gasteiger partial charge in [0, 0.05) is 18.1 Å². The Hall–Kier alpha value is -0.620. The minimum Gasteiger partial charge on any atom is -0.326 e. The molecule has 0 aliphatic heterocycles. The van der Waals surface area contributed by atoms with Gasteiger partial charge in [0.05, 0.1) is 4.90 Å². The van der Waals surface area contributed by atoms with Crippen molar-refractivity contribution >= 4 is 21.6 Å². The monoisotopic (exact) mass is 330 g/mol. The first-order valence-electron chi connectivity index (χ1n) is 7.51. The molecule has 1 aliphatic carbocycles. The average molecular weight is 331 g/mol. The van der Waals surface area contributed by atoms with Crippen LogP contribution in [0.2, 0.25) is 5.02 Å². The van der Waals surface area contributed by atoms with Crippen LogP contribution >= 0.6 is 11.6 Å². The van der Waals surface area contributed by atoms with E-state index in [1.165, 1.54) is 31.7 Å². The van der Waals surface area contributed by atoms with E-state index in [1.807, 2.05) is 0 Å². The largest absolute Gasteiger partial charge is 0.326 e. The highest BCUT2D eigenvalue weighted by atomic mass is 35.5. The van der Waals surface area contributed by atoms with Gasteiger partial charge in [0.15, 0.2) is 0 Å². The van der Waals surface area contributed by atoms with Crippen LogP contribution in [0.3, 0.4) is 0 Å². The number of nitrogens with two attached hydrogens (primary N) is 1. The van der Waals surface area contributed by atoms with Crippen molar-refractivity contribution in [3.05, 3.63) is 28.8 Å². The van der Waals surface area contributed by atoms with Crippen molar-refractivity contribution in [2.75, 3.05) is 6.54 Å². The van der Waals surface area contributed by atoms with Crippen LogP contribution in [-0.2, 0) is 16.6 Å². The van der Waals surface area contributed by atoms with E-state index in [0.29, 0.717) is 17.1 Å². The molecule has 0 spiro atoms. The van der Waals surface area contributed by atoms with Crippen molar-refractivity contribution in [3.8, 4) is 0 Å². The summed E-state index contributed by atoms with van der Waals surface area (Å²) in [4.78, 5) is 0.230. The van der Waals surface area contributed by atoms with Crippen LogP contribution in [0.1, 0.15) is 44.1 Å². The first-order chi connectivity index (χ1) is 10.0. The number of halogens is 1. The van der Waals surface area contributed by atoms with E-state index >= 15 is 0 Å². The van der Waals surface area contributed by atoms with E-state index in [2.05, 4.69) is 4.72 Å². The highest BCUT2D eigenvalue weighted by molar-refractivity contribution is 7.89. The van der Waals surface area contributed by atoms with Gasteiger partial charge in [-0.15, -0.1) is 0 Å². The Morgan fingerprint density at radius 1 is 1.29 bits per heavy atom. The van der Waals surface area contributed by atoms with Gasteiger partial charge in [-0.1, -0.05) is 37.3 Å².